The van der Waals surface area contributed by atoms with Gasteiger partial charge in [0.1, 0.15) is 0 Å². The van der Waals surface area contributed by atoms with Crippen LogP contribution in [-0.4, -0.2) is 17.9 Å². The molecule has 0 aliphatic heterocycles. The molecule has 0 aromatic heterocycles. The van der Waals surface area contributed by atoms with Crippen molar-refractivity contribution in [2.75, 3.05) is 4.90 Å². The maximum absolute atomic E-state index is 12.9. The third-order valence-electron chi connectivity index (χ3n) is 4.88. The van der Waals surface area contributed by atoms with Crippen LogP contribution in [-0.2, 0) is 16.1 Å². The molecule has 0 bridgehead atoms. The third-order valence-corrected chi connectivity index (χ3v) is 4.88. The summed E-state index contributed by atoms with van der Waals surface area (Å²) in [7, 11) is 0. The maximum Gasteiger partial charge on any atom is 0.316 e. The van der Waals surface area contributed by atoms with Crippen LogP contribution in [0.25, 0.3) is 0 Å². The Balaban J connectivity index is 1.74. The van der Waals surface area contributed by atoms with E-state index in [1.807, 2.05) is 60.7 Å². The van der Waals surface area contributed by atoms with Gasteiger partial charge in [0, 0.05) is 11.7 Å². The van der Waals surface area contributed by atoms with Crippen molar-refractivity contribution in [3.63, 3.8) is 0 Å². The predicted molar refractivity (Wildman–Crippen MR) is 104 cm³/mol. The largest absolute Gasteiger partial charge is 0.345 e. The molecule has 1 N–H and O–H groups in total. The fourth-order valence-electron chi connectivity index (χ4n) is 3.45. The van der Waals surface area contributed by atoms with E-state index in [1.165, 1.54) is 12.8 Å². The van der Waals surface area contributed by atoms with Crippen LogP contribution in [0.4, 0.5) is 5.69 Å². The van der Waals surface area contributed by atoms with Crippen molar-refractivity contribution in [3.05, 3.63) is 66.2 Å². The lowest BCUT2D eigenvalue weighted by Crippen LogP contribution is -2.46. The summed E-state index contributed by atoms with van der Waals surface area (Å²) < 4.78 is 0. The zero-order valence-electron chi connectivity index (χ0n) is 15.1. The van der Waals surface area contributed by atoms with Gasteiger partial charge in [-0.2, -0.15) is 0 Å². The summed E-state index contributed by atoms with van der Waals surface area (Å²) in [5.74, 6) is -0.999. The Morgan fingerprint density at radius 1 is 0.846 bits per heavy atom. The quantitative estimate of drug-likeness (QED) is 0.668. The van der Waals surface area contributed by atoms with Gasteiger partial charge in [-0.1, -0.05) is 74.2 Å². The molecule has 1 fully saturated rings. The predicted octanol–water partition coefficient (Wildman–Crippen LogP) is 4.06. The van der Waals surface area contributed by atoms with E-state index in [1.54, 1.807) is 4.90 Å². The van der Waals surface area contributed by atoms with Crippen LogP contribution >= 0.6 is 0 Å². The van der Waals surface area contributed by atoms with E-state index in [2.05, 4.69) is 5.32 Å². The van der Waals surface area contributed by atoms with E-state index < -0.39 is 11.8 Å². The third kappa shape index (κ3) is 4.94. The number of carbonyl (C=O) groups excluding carboxylic acids is 2. The van der Waals surface area contributed by atoms with Gasteiger partial charge in [0.25, 0.3) is 0 Å². The van der Waals surface area contributed by atoms with E-state index >= 15 is 0 Å². The first-order chi connectivity index (χ1) is 12.7. The van der Waals surface area contributed by atoms with Crippen LogP contribution in [0.3, 0.4) is 0 Å². The van der Waals surface area contributed by atoms with Crippen molar-refractivity contribution in [2.45, 2.75) is 51.1 Å². The van der Waals surface area contributed by atoms with Crippen LogP contribution in [0.15, 0.2) is 60.7 Å². The summed E-state index contributed by atoms with van der Waals surface area (Å²) in [5, 5.41) is 2.96. The smallest absolute Gasteiger partial charge is 0.316 e. The van der Waals surface area contributed by atoms with Crippen molar-refractivity contribution in [3.8, 4) is 0 Å². The van der Waals surface area contributed by atoms with Crippen LogP contribution in [0.2, 0.25) is 0 Å². The Kier molecular flexibility index (Phi) is 6.42. The number of hydrogen-bond acceptors (Lipinski definition) is 2. The topological polar surface area (TPSA) is 49.4 Å². The minimum Gasteiger partial charge on any atom is -0.345 e. The Morgan fingerprint density at radius 2 is 1.42 bits per heavy atom. The highest BCUT2D eigenvalue weighted by Gasteiger charge is 2.26. The maximum atomic E-state index is 12.9. The first-order valence-corrected chi connectivity index (χ1v) is 9.45. The molecule has 2 aromatic rings. The molecule has 136 valence electrons. The van der Waals surface area contributed by atoms with Crippen molar-refractivity contribution in [2.24, 2.45) is 0 Å². The molecule has 0 heterocycles. The Labute approximate surface area is 155 Å². The highest BCUT2D eigenvalue weighted by molar-refractivity contribution is 6.40. The van der Waals surface area contributed by atoms with E-state index in [9.17, 15) is 9.59 Å². The molecule has 1 aliphatic rings. The first kappa shape index (κ1) is 18.2. The number of amides is 2. The lowest BCUT2D eigenvalue weighted by molar-refractivity contribution is -0.138. The molecule has 1 aliphatic carbocycles. The fourth-order valence-corrected chi connectivity index (χ4v) is 3.45. The molecule has 0 spiro atoms. The van der Waals surface area contributed by atoms with Gasteiger partial charge >= 0.3 is 11.8 Å². The summed E-state index contributed by atoms with van der Waals surface area (Å²) in [6.45, 7) is 0.377. The van der Waals surface area contributed by atoms with Gasteiger partial charge in [-0.15, -0.1) is 0 Å². The van der Waals surface area contributed by atoms with Gasteiger partial charge in [-0.05, 0) is 30.5 Å². The molecule has 2 amide bonds. The van der Waals surface area contributed by atoms with E-state index in [0.29, 0.717) is 6.54 Å². The molecule has 1 saturated carbocycles. The van der Waals surface area contributed by atoms with Crippen LogP contribution in [0.1, 0.15) is 44.1 Å². The Hall–Kier alpha value is -2.62. The van der Waals surface area contributed by atoms with Crippen LogP contribution in [0, 0.1) is 0 Å². The zero-order valence-corrected chi connectivity index (χ0v) is 15.1. The van der Waals surface area contributed by atoms with Crippen LogP contribution in [0.5, 0.6) is 0 Å². The lowest BCUT2D eigenvalue weighted by atomic mass is 10.1. The molecule has 0 unspecified atom stereocenters. The standard InChI is InChI=1S/C22H26N2O2/c25-21(23-19-13-7-1-2-8-14-19)22(26)24(20-15-9-4-10-16-20)17-18-11-5-3-6-12-18/h3-6,9-12,15-16,19H,1-2,7-8,13-14,17H2,(H,23,25). The number of para-hydroxylation sites is 1. The van der Waals surface area contributed by atoms with Gasteiger partial charge in [0.15, 0.2) is 0 Å². The highest BCUT2D eigenvalue weighted by atomic mass is 16.2. The molecule has 0 saturated heterocycles. The molecule has 2 aromatic carbocycles. The number of carbonyl (C=O) groups is 2. The summed E-state index contributed by atoms with van der Waals surface area (Å²) in [4.78, 5) is 27.1. The first-order valence-electron chi connectivity index (χ1n) is 9.45. The second kappa shape index (κ2) is 9.18. The summed E-state index contributed by atoms with van der Waals surface area (Å²) >= 11 is 0. The van der Waals surface area contributed by atoms with Crippen molar-refractivity contribution in [1.29, 1.82) is 0 Å². The zero-order chi connectivity index (χ0) is 18.2. The molecule has 26 heavy (non-hydrogen) atoms. The summed E-state index contributed by atoms with van der Waals surface area (Å²) in [5.41, 5.74) is 1.73. The van der Waals surface area contributed by atoms with E-state index in [0.717, 1.165) is 36.9 Å². The highest BCUT2D eigenvalue weighted by Crippen LogP contribution is 2.19. The number of hydrogen-bond donors (Lipinski definition) is 1. The number of nitrogens with zero attached hydrogens (tertiary/aromatic N) is 1. The fraction of sp³-hybridized carbons (Fsp3) is 0.364. The van der Waals surface area contributed by atoms with Crippen molar-refractivity contribution < 1.29 is 9.59 Å². The number of anilines is 1. The van der Waals surface area contributed by atoms with Crippen molar-refractivity contribution >= 4 is 17.5 Å². The Morgan fingerprint density at radius 3 is 2.04 bits per heavy atom. The second-order valence-corrected chi connectivity index (χ2v) is 6.87. The number of benzene rings is 2. The number of rotatable bonds is 4. The van der Waals surface area contributed by atoms with Gasteiger partial charge in [-0.25, -0.2) is 0 Å². The molecule has 0 radical (unpaired) electrons. The van der Waals surface area contributed by atoms with Gasteiger partial charge in [0.2, 0.25) is 0 Å². The molecule has 3 rings (SSSR count). The van der Waals surface area contributed by atoms with Crippen LogP contribution < -0.4 is 10.2 Å². The average molecular weight is 350 g/mol. The monoisotopic (exact) mass is 350 g/mol. The SMILES string of the molecule is O=C(NC1CCCCCC1)C(=O)N(Cc1ccccc1)c1ccccc1. The van der Waals surface area contributed by atoms with Crippen molar-refractivity contribution in [1.82, 2.24) is 5.32 Å². The normalized spacial score (nSPS) is 15.1. The second-order valence-electron chi connectivity index (χ2n) is 6.87. The number of nitrogens with one attached hydrogen (secondary N) is 1. The van der Waals surface area contributed by atoms with Gasteiger partial charge < -0.3 is 5.32 Å². The lowest BCUT2D eigenvalue weighted by Gasteiger charge is -2.24. The minimum atomic E-state index is -0.503. The van der Waals surface area contributed by atoms with E-state index in [4.69, 9.17) is 0 Å². The van der Waals surface area contributed by atoms with Gasteiger partial charge in [-0.3, -0.25) is 14.5 Å². The molecular formula is C22H26N2O2. The van der Waals surface area contributed by atoms with E-state index in [-0.39, 0.29) is 6.04 Å². The molecule has 4 nitrogen and oxygen atoms in total. The summed E-state index contributed by atoms with van der Waals surface area (Å²) in [6, 6.07) is 19.2. The molecule has 0 atom stereocenters. The van der Waals surface area contributed by atoms with Gasteiger partial charge in [0.05, 0.1) is 6.54 Å². The average Bonchev–Trinajstić information content (AvgIpc) is 2.96. The molecule has 4 heteroatoms. The minimum absolute atomic E-state index is 0.114. The molecular weight excluding hydrogens is 324 g/mol. The summed E-state index contributed by atoms with van der Waals surface area (Å²) in [6.07, 6.45) is 6.58. The Bertz CT molecular complexity index is 707.